The summed E-state index contributed by atoms with van der Waals surface area (Å²) in [5, 5.41) is 0.871. The second kappa shape index (κ2) is 5.66. The molecule has 2 aromatic rings. The number of rotatable bonds is 4. The molecule has 0 fully saturated rings. The number of nitrogens with zero attached hydrogens (tertiary/aromatic N) is 2. The van der Waals surface area contributed by atoms with Crippen molar-refractivity contribution in [2.24, 2.45) is 0 Å². The third kappa shape index (κ3) is 3.35. The molecule has 0 N–H and O–H groups in total. The molecule has 0 saturated carbocycles. The maximum absolute atomic E-state index is 4.36. The summed E-state index contributed by atoms with van der Waals surface area (Å²) in [7, 11) is 0. The minimum Gasteiger partial charge on any atom is -0.231 e. The third-order valence-corrected chi connectivity index (χ3v) is 3.10. The van der Waals surface area contributed by atoms with Crippen molar-refractivity contribution in [3.8, 4) is 0 Å². The molecule has 0 unspecified atom stereocenters. The molecule has 2 nitrogen and oxygen atoms in total. The van der Waals surface area contributed by atoms with Gasteiger partial charge in [0.1, 0.15) is 0 Å². The van der Waals surface area contributed by atoms with E-state index < -0.39 is 0 Å². The second-order valence-electron chi connectivity index (χ2n) is 3.56. The molecule has 1 aromatic carbocycles. The van der Waals surface area contributed by atoms with Gasteiger partial charge in [-0.3, -0.25) is 0 Å². The maximum atomic E-state index is 4.36. The zero-order valence-electron chi connectivity index (χ0n) is 9.26. The van der Waals surface area contributed by atoms with Crippen LogP contribution in [-0.2, 0) is 6.42 Å². The topological polar surface area (TPSA) is 25.8 Å². The smallest absolute Gasteiger partial charge is 0.187 e. The van der Waals surface area contributed by atoms with Crippen molar-refractivity contribution >= 4 is 11.8 Å². The largest absolute Gasteiger partial charge is 0.231 e. The van der Waals surface area contributed by atoms with Crippen LogP contribution < -0.4 is 0 Å². The van der Waals surface area contributed by atoms with Crippen molar-refractivity contribution < 1.29 is 0 Å². The predicted molar refractivity (Wildman–Crippen MR) is 67.6 cm³/mol. The Hall–Kier alpha value is -1.35. The van der Waals surface area contributed by atoms with Gasteiger partial charge in [-0.2, -0.15) is 0 Å². The monoisotopic (exact) mass is 230 g/mol. The van der Waals surface area contributed by atoms with Crippen molar-refractivity contribution in [3.63, 3.8) is 0 Å². The Morgan fingerprint density at radius 2 is 1.94 bits per heavy atom. The number of hydrogen-bond acceptors (Lipinski definition) is 3. The van der Waals surface area contributed by atoms with Crippen LogP contribution in [-0.4, -0.2) is 15.7 Å². The Balaban J connectivity index is 1.85. The van der Waals surface area contributed by atoms with Crippen LogP contribution in [0.15, 0.2) is 47.8 Å². The number of thioether (sulfide) groups is 1. The molecule has 0 saturated heterocycles. The lowest BCUT2D eigenvalue weighted by atomic mass is 10.2. The number of hydrogen-bond donors (Lipinski definition) is 0. The van der Waals surface area contributed by atoms with Crippen LogP contribution in [0.2, 0.25) is 0 Å². The summed E-state index contributed by atoms with van der Waals surface area (Å²) in [6.07, 6.45) is 2.87. The average molecular weight is 230 g/mol. The van der Waals surface area contributed by atoms with Crippen LogP contribution in [0.5, 0.6) is 0 Å². The minimum atomic E-state index is 0.871. The highest BCUT2D eigenvalue weighted by molar-refractivity contribution is 7.99. The van der Waals surface area contributed by atoms with E-state index in [1.807, 2.05) is 25.3 Å². The standard InChI is InChI=1S/C13H14N2S/c1-11-7-9-14-13(15-11)16-10-8-12-5-3-2-4-6-12/h2-7,9H,8,10H2,1H3. The van der Waals surface area contributed by atoms with Gasteiger partial charge in [-0.1, -0.05) is 42.1 Å². The molecule has 0 radical (unpaired) electrons. The predicted octanol–water partition coefficient (Wildman–Crippen LogP) is 3.12. The molecule has 0 bridgehead atoms. The van der Waals surface area contributed by atoms with E-state index >= 15 is 0 Å². The van der Waals surface area contributed by atoms with E-state index in [1.54, 1.807) is 11.8 Å². The summed E-state index contributed by atoms with van der Waals surface area (Å²) in [6, 6.07) is 12.4. The summed E-state index contributed by atoms with van der Waals surface area (Å²) in [5.41, 5.74) is 2.39. The van der Waals surface area contributed by atoms with Crippen LogP contribution in [0, 0.1) is 6.92 Å². The molecule has 82 valence electrons. The fourth-order valence-electron chi connectivity index (χ4n) is 1.40. The van der Waals surface area contributed by atoms with Gasteiger partial charge in [-0.15, -0.1) is 0 Å². The van der Waals surface area contributed by atoms with Gasteiger partial charge in [-0.05, 0) is 25.0 Å². The molecular formula is C13H14N2S. The fraction of sp³-hybridized carbons (Fsp3) is 0.231. The molecule has 1 heterocycles. The first kappa shape index (κ1) is 11.1. The van der Waals surface area contributed by atoms with Crippen molar-refractivity contribution in [3.05, 3.63) is 53.9 Å². The van der Waals surface area contributed by atoms with Gasteiger partial charge in [0.05, 0.1) is 0 Å². The van der Waals surface area contributed by atoms with Gasteiger partial charge < -0.3 is 0 Å². The van der Waals surface area contributed by atoms with Crippen molar-refractivity contribution in [2.75, 3.05) is 5.75 Å². The number of benzene rings is 1. The normalized spacial score (nSPS) is 10.3. The fourth-order valence-corrected chi connectivity index (χ4v) is 2.26. The summed E-state index contributed by atoms with van der Waals surface area (Å²) in [4.78, 5) is 8.58. The third-order valence-electron chi connectivity index (χ3n) is 2.24. The van der Waals surface area contributed by atoms with E-state index in [0.29, 0.717) is 0 Å². The molecule has 3 heteroatoms. The van der Waals surface area contributed by atoms with Crippen molar-refractivity contribution in [1.29, 1.82) is 0 Å². The molecule has 0 aliphatic heterocycles. The van der Waals surface area contributed by atoms with Gasteiger partial charge in [0.2, 0.25) is 0 Å². The molecule has 0 amide bonds. The minimum absolute atomic E-state index is 0.871. The van der Waals surface area contributed by atoms with E-state index in [0.717, 1.165) is 23.0 Å². The van der Waals surface area contributed by atoms with Crippen molar-refractivity contribution in [1.82, 2.24) is 9.97 Å². The molecule has 1 aromatic heterocycles. The van der Waals surface area contributed by atoms with Gasteiger partial charge in [0, 0.05) is 17.6 Å². The summed E-state index contributed by atoms with van der Waals surface area (Å²) in [6.45, 7) is 1.99. The van der Waals surface area contributed by atoms with Gasteiger partial charge in [0.25, 0.3) is 0 Å². The van der Waals surface area contributed by atoms with E-state index in [4.69, 9.17) is 0 Å². The Labute approximate surface area is 100 Å². The van der Waals surface area contributed by atoms with E-state index in [-0.39, 0.29) is 0 Å². The molecule has 2 rings (SSSR count). The lowest BCUT2D eigenvalue weighted by Gasteiger charge is -2.01. The van der Waals surface area contributed by atoms with Crippen molar-refractivity contribution in [2.45, 2.75) is 18.5 Å². The summed E-state index contributed by atoms with van der Waals surface area (Å²) in [5.74, 6) is 1.02. The molecule has 16 heavy (non-hydrogen) atoms. The van der Waals surface area contributed by atoms with Crippen LogP contribution >= 0.6 is 11.8 Å². The Morgan fingerprint density at radius 3 is 2.69 bits per heavy atom. The van der Waals surface area contributed by atoms with E-state index in [9.17, 15) is 0 Å². The number of aromatic nitrogens is 2. The first-order valence-corrected chi connectivity index (χ1v) is 6.29. The van der Waals surface area contributed by atoms with Gasteiger partial charge in [-0.25, -0.2) is 9.97 Å². The maximum Gasteiger partial charge on any atom is 0.187 e. The molecule has 0 aliphatic rings. The summed E-state index contributed by atoms with van der Waals surface area (Å²) >= 11 is 1.71. The van der Waals surface area contributed by atoms with Crippen LogP contribution in [0.3, 0.4) is 0 Å². The molecular weight excluding hydrogens is 216 g/mol. The highest BCUT2D eigenvalue weighted by Gasteiger charge is 1.98. The second-order valence-corrected chi connectivity index (χ2v) is 4.63. The van der Waals surface area contributed by atoms with Gasteiger partial charge >= 0.3 is 0 Å². The lowest BCUT2D eigenvalue weighted by molar-refractivity contribution is 0.930. The average Bonchev–Trinajstić information content (AvgIpc) is 2.30. The lowest BCUT2D eigenvalue weighted by Crippen LogP contribution is -1.92. The number of aryl methyl sites for hydroxylation is 2. The zero-order chi connectivity index (χ0) is 11.2. The van der Waals surface area contributed by atoms with Crippen LogP contribution in [0.25, 0.3) is 0 Å². The van der Waals surface area contributed by atoms with Gasteiger partial charge in [0.15, 0.2) is 5.16 Å². The Bertz CT molecular complexity index is 443. The highest BCUT2D eigenvalue weighted by atomic mass is 32.2. The van der Waals surface area contributed by atoms with Crippen LogP contribution in [0.1, 0.15) is 11.3 Å². The highest BCUT2D eigenvalue weighted by Crippen LogP contribution is 2.14. The van der Waals surface area contributed by atoms with Crippen LogP contribution in [0.4, 0.5) is 0 Å². The molecule has 0 aliphatic carbocycles. The Kier molecular flexibility index (Phi) is 3.94. The summed E-state index contributed by atoms with van der Waals surface area (Å²) < 4.78 is 0. The van der Waals surface area contributed by atoms with E-state index in [2.05, 4.69) is 34.2 Å². The molecule has 0 spiro atoms. The zero-order valence-corrected chi connectivity index (χ0v) is 10.1. The SMILES string of the molecule is Cc1ccnc(SCCc2ccccc2)n1. The van der Waals surface area contributed by atoms with E-state index in [1.165, 1.54) is 5.56 Å². The quantitative estimate of drug-likeness (QED) is 0.596. The first-order valence-electron chi connectivity index (χ1n) is 5.31. The first-order chi connectivity index (χ1) is 7.84. The molecule has 0 atom stereocenters. The Morgan fingerprint density at radius 1 is 1.12 bits per heavy atom.